The average Bonchev–Trinajstić information content (AvgIpc) is 2.59. The summed E-state index contributed by atoms with van der Waals surface area (Å²) in [4.78, 5) is 15.6. The molecule has 1 rings (SSSR count). The summed E-state index contributed by atoms with van der Waals surface area (Å²) in [6.07, 6.45) is 4.56. The van der Waals surface area contributed by atoms with Gasteiger partial charge in [-0.05, 0) is 37.5 Å². The molecule has 0 radical (unpaired) electrons. The largest absolute Gasteiger partial charge is 0.469 e. The van der Waals surface area contributed by atoms with Crippen molar-refractivity contribution in [2.24, 2.45) is 4.99 Å². The van der Waals surface area contributed by atoms with Gasteiger partial charge in [-0.2, -0.15) is 0 Å². The van der Waals surface area contributed by atoms with Crippen LogP contribution in [0, 0.1) is 0 Å². The molecule has 0 fully saturated rings. The van der Waals surface area contributed by atoms with Crippen molar-refractivity contribution in [3.05, 3.63) is 34.9 Å². The number of nitrogens with zero attached hydrogens (tertiary/aromatic N) is 1. The summed E-state index contributed by atoms with van der Waals surface area (Å²) in [5.41, 5.74) is 1.12. The third kappa shape index (κ3) is 12.0. The number of guanidine groups is 1. The number of methoxy groups -OCH3 is 1. The van der Waals surface area contributed by atoms with E-state index in [1.807, 2.05) is 31.2 Å². The smallest absolute Gasteiger partial charge is 0.305 e. The van der Waals surface area contributed by atoms with Gasteiger partial charge < -0.3 is 15.4 Å². The van der Waals surface area contributed by atoms with Crippen LogP contribution < -0.4 is 10.6 Å². The summed E-state index contributed by atoms with van der Waals surface area (Å²) in [5, 5.41) is 7.31. The Balaban J connectivity index is 0.00000576. The Labute approximate surface area is 173 Å². The van der Waals surface area contributed by atoms with Gasteiger partial charge in [-0.1, -0.05) is 36.6 Å². The van der Waals surface area contributed by atoms with Crippen molar-refractivity contribution < 1.29 is 9.53 Å². The van der Waals surface area contributed by atoms with Crippen LogP contribution in [0.1, 0.15) is 44.6 Å². The van der Waals surface area contributed by atoms with Crippen molar-refractivity contribution in [2.75, 3.05) is 20.2 Å². The van der Waals surface area contributed by atoms with Crippen molar-refractivity contribution in [1.29, 1.82) is 0 Å². The van der Waals surface area contributed by atoms with Crippen molar-refractivity contribution in [3.8, 4) is 0 Å². The Morgan fingerprint density at radius 3 is 2.44 bits per heavy atom. The zero-order valence-electron chi connectivity index (χ0n) is 15.0. The fourth-order valence-electron chi connectivity index (χ4n) is 2.16. The summed E-state index contributed by atoms with van der Waals surface area (Å²) in [7, 11) is 1.43. The monoisotopic (exact) mass is 481 g/mol. The minimum absolute atomic E-state index is 0. The van der Waals surface area contributed by atoms with Gasteiger partial charge in [0.05, 0.1) is 13.7 Å². The van der Waals surface area contributed by atoms with Crippen LogP contribution in [0.25, 0.3) is 0 Å². The zero-order valence-corrected chi connectivity index (χ0v) is 18.1. The van der Waals surface area contributed by atoms with Crippen LogP contribution >= 0.6 is 35.6 Å². The number of carbonyl (C=O) groups is 1. The molecule has 0 amide bonds. The fraction of sp³-hybridized carbons (Fsp3) is 0.556. The molecule has 0 atom stereocenters. The van der Waals surface area contributed by atoms with Crippen molar-refractivity contribution in [3.63, 3.8) is 0 Å². The number of esters is 1. The maximum Gasteiger partial charge on any atom is 0.305 e. The highest BCUT2D eigenvalue weighted by molar-refractivity contribution is 14.0. The van der Waals surface area contributed by atoms with Gasteiger partial charge >= 0.3 is 5.97 Å². The molecule has 0 saturated heterocycles. The number of carbonyl (C=O) groups excluding carboxylic acids is 1. The van der Waals surface area contributed by atoms with E-state index in [9.17, 15) is 4.79 Å². The van der Waals surface area contributed by atoms with Gasteiger partial charge in [0.15, 0.2) is 5.96 Å². The number of nitrogens with one attached hydrogen (secondary N) is 2. The van der Waals surface area contributed by atoms with Crippen molar-refractivity contribution in [1.82, 2.24) is 10.6 Å². The predicted octanol–water partition coefficient (Wildman–Crippen LogP) is 4.14. The zero-order chi connectivity index (χ0) is 17.6. The molecule has 0 bridgehead atoms. The van der Waals surface area contributed by atoms with Crippen LogP contribution in [0.5, 0.6) is 0 Å². The average molecular weight is 482 g/mol. The fourth-order valence-corrected chi connectivity index (χ4v) is 2.28. The van der Waals surface area contributed by atoms with E-state index < -0.39 is 0 Å². The molecule has 0 heterocycles. The Morgan fingerprint density at radius 2 is 1.80 bits per heavy atom. The number of hydrogen-bond donors (Lipinski definition) is 2. The van der Waals surface area contributed by atoms with Gasteiger partial charge in [-0.25, -0.2) is 4.99 Å². The standard InChI is InChI=1S/C18H28ClN3O2.HI/c1-3-20-18(22-14-15-9-11-16(19)12-10-15)21-13-7-5-4-6-8-17(23)24-2;/h9-12H,3-8,13-14H2,1-2H3,(H2,20,21,22);1H. The number of halogens is 2. The first-order valence-electron chi connectivity index (χ1n) is 8.49. The first-order chi connectivity index (χ1) is 11.7. The summed E-state index contributed by atoms with van der Waals surface area (Å²) >= 11 is 5.88. The molecular formula is C18H29ClIN3O2. The SMILES string of the molecule is CCNC(=NCc1ccc(Cl)cc1)NCCCCCCC(=O)OC.I. The molecule has 0 unspecified atom stereocenters. The molecule has 25 heavy (non-hydrogen) atoms. The number of ether oxygens (including phenoxy) is 1. The number of hydrogen-bond acceptors (Lipinski definition) is 3. The lowest BCUT2D eigenvalue weighted by atomic mass is 10.1. The Bertz CT molecular complexity index is 510. The molecule has 5 nitrogen and oxygen atoms in total. The van der Waals surface area contributed by atoms with Crippen LogP contribution in [0.15, 0.2) is 29.3 Å². The minimum atomic E-state index is -0.128. The van der Waals surface area contributed by atoms with Crippen LogP contribution in [0.3, 0.4) is 0 Å². The molecule has 0 aliphatic rings. The van der Waals surface area contributed by atoms with Gasteiger partial charge in [0.1, 0.15) is 0 Å². The maximum atomic E-state index is 11.0. The molecule has 0 aliphatic carbocycles. The lowest BCUT2D eigenvalue weighted by molar-refractivity contribution is -0.140. The van der Waals surface area contributed by atoms with E-state index in [1.165, 1.54) is 7.11 Å². The molecule has 1 aromatic carbocycles. The first kappa shape index (κ1) is 24.0. The Hall–Kier alpha value is -1.02. The van der Waals surface area contributed by atoms with E-state index in [4.69, 9.17) is 11.6 Å². The van der Waals surface area contributed by atoms with Gasteiger partial charge in [-0.15, -0.1) is 24.0 Å². The van der Waals surface area contributed by atoms with Crippen LogP contribution in [-0.4, -0.2) is 32.1 Å². The molecule has 0 saturated carbocycles. The molecule has 142 valence electrons. The topological polar surface area (TPSA) is 62.7 Å². The van der Waals surface area contributed by atoms with Gasteiger partial charge in [0.25, 0.3) is 0 Å². The van der Waals surface area contributed by atoms with Crippen LogP contribution in [-0.2, 0) is 16.1 Å². The highest BCUT2D eigenvalue weighted by Gasteiger charge is 2.00. The quantitative estimate of drug-likeness (QED) is 0.173. The van der Waals surface area contributed by atoms with Gasteiger partial charge in [0.2, 0.25) is 0 Å². The maximum absolute atomic E-state index is 11.0. The second-order valence-electron chi connectivity index (χ2n) is 5.49. The third-order valence-electron chi connectivity index (χ3n) is 3.51. The van der Waals surface area contributed by atoms with Gasteiger partial charge in [-0.3, -0.25) is 4.79 Å². The number of benzene rings is 1. The lowest BCUT2D eigenvalue weighted by Gasteiger charge is -2.11. The molecule has 0 spiro atoms. The Morgan fingerprint density at radius 1 is 1.12 bits per heavy atom. The summed E-state index contributed by atoms with van der Waals surface area (Å²) in [6.45, 7) is 4.36. The first-order valence-corrected chi connectivity index (χ1v) is 8.87. The predicted molar refractivity (Wildman–Crippen MR) is 115 cm³/mol. The second-order valence-corrected chi connectivity index (χ2v) is 5.93. The highest BCUT2D eigenvalue weighted by Crippen LogP contribution is 2.10. The second kappa shape index (κ2) is 15.3. The van der Waals surface area contributed by atoms with E-state index in [1.54, 1.807) is 0 Å². The normalized spacial score (nSPS) is 10.8. The molecule has 1 aromatic rings. The van der Waals surface area contributed by atoms with Crippen molar-refractivity contribution in [2.45, 2.75) is 45.6 Å². The molecule has 0 aliphatic heterocycles. The van der Waals surface area contributed by atoms with E-state index in [0.29, 0.717) is 13.0 Å². The van der Waals surface area contributed by atoms with E-state index in [-0.39, 0.29) is 29.9 Å². The van der Waals surface area contributed by atoms with E-state index >= 15 is 0 Å². The summed E-state index contributed by atoms with van der Waals surface area (Å²) in [6, 6.07) is 7.72. The molecular weight excluding hydrogens is 453 g/mol. The number of aliphatic imine (C=N–C) groups is 1. The third-order valence-corrected chi connectivity index (χ3v) is 3.76. The van der Waals surface area contributed by atoms with Crippen LogP contribution in [0.2, 0.25) is 5.02 Å². The minimum Gasteiger partial charge on any atom is -0.469 e. The number of rotatable bonds is 10. The lowest BCUT2D eigenvalue weighted by Crippen LogP contribution is -2.37. The Kier molecular flexibility index (Phi) is 14.6. The van der Waals surface area contributed by atoms with E-state index in [0.717, 1.165) is 55.3 Å². The highest BCUT2D eigenvalue weighted by atomic mass is 127. The number of unbranched alkanes of at least 4 members (excludes halogenated alkanes) is 3. The van der Waals surface area contributed by atoms with Crippen LogP contribution in [0.4, 0.5) is 0 Å². The van der Waals surface area contributed by atoms with Crippen molar-refractivity contribution >= 4 is 47.5 Å². The molecule has 7 heteroatoms. The molecule has 2 N–H and O–H groups in total. The summed E-state index contributed by atoms with van der Waals surface area (Å²) in [5.74, 6) is 0.693. The van der Waals surface area contributed by atoms with Gasteiger partial charge in [0, 0.05) is 24.5 Å². The molecule has 0 aromatic heterocycles. The summed E-state index contributed by atoms with van der Waals surface area (Å²) < 4.78 is 4.62. The van der Waals surface area contributed by atoms with E-state index in [2.05, 4.69) is 20.4 Å².